The number of halogens is 1. The molecule has 176 valence electrons. The quantitative estimate of drug-likeness (QED) is 0.201. The van der Waals surface area contributed by atoms with Gasteiger partial charge in [0.25, 0.3) is 0 Å². The molecule has 35 heavy (non-hydrogen) atoms. The molecule has 0 aliphatic rings. The summed E-state index contributed by atoms with van der Waals surface area (Å²) in [6, 6.07) is 24.3. The molecule has 0 amide bonds. The Morgan fingerprint density at radius 3 is 2.46 bits per heavy atom. The summed E-state index contributed by atoms with van der Waals surface area (Å²) in [5, 5.41) is 10.1. The highest BCUT2D eigenvalue weighted by atomic mass is 79.9. The Bertz CT molecular complexity index is 1470. The fourth-order valence-electron chi connectivity index (χ4n) is 4.54. The molecule has 5 nitrogen and oxygen atoms in total. The van der Waals surface area contributed by atoms with Crippen LogP contribution >= 0.6 is 15.9 Å². The predicted molar refractivity (Wildman–Crippen MR) is 144 cm³/mol. The number of unbranched alkanes of at least 4 members (excludes halogenated alkanes) is 1. The van der Waals surface area contributed by atoms with Crippen molar-refractivity contribution in [2.45, 2.75) is 32.2 Å². The zero-order chi connectivity index (χ0) is 24.4. The van der Waals surface area contributed by atoms with E-state index >= 15 is 0 Å². The van der Waals surface area contributed by atoms with Gasteiger partial charge >= 0.3 is 0 Å². The van der Waals surface area contributed by atoms with Gasteiger partial charge in [0.15, 0.2) is 0 Å². The molecule has 0 aliphatic heterocycles. The lowest BCUT2D eigenvalue weighted by Gasteiger charge is -2.19. The molecule has 1 unspecified atom stereocenters. The Hall–Kier alpha value is -3.51. The van der Waals surface area contributed by atoms with Gasteiger partial charge in [0.2, 0.25) is 5.78 Å². The van der Waals surface area contributed by atoms with Gasteiger partial charge in [0.1, 0.15) is 5.69 Å². The second kappa shape index (κ2) is 10.0. The number of carbonyl (C=O) groups is 1. The second-order valence-electron chi connectivity index (χ2n) is 8.83. The number of benzene rings is 3. The number of rotatable bonds is 8. The van der Waals surface area contributed by atoms with Crippen molar-refractivity contribution in [3.63, 3.8) is 0 Å². The number of nitrogens with zero attached hydrogens (tertiary/aromatic N) is 4. The van der Waals surface area contributed by atoms with Gasteiger partial charge < -0.3 is 0 Å². The monoisotopic (exact) mass is 526 g/mol. The summed E-state index contributed by atoms with van der Waals surface area (Å²) >= 11 is 3.59. The van der Waals surface area contributed by atoms with Crippen molar-refractivity contribution >= 4 is 32.6 Å². The van der Waals surface area contributed by atoms with Crippen LogP contribution in [0.1, 0.15) is 53.8 Å². The zero-order valence-electron chi connectivity index (χ0n) is 19.9. The number of fused-ring (bicyclic) bond motifs is 1. The van der Waals surface area contributed by atoms with E-state index in [4.69, 9.17) is 5.10 Å². The molecular weight excluding hydrogens is 500 g/mol. The van der Waals surface area contributed by atoms with Crippen LogP contribution in [-0.2, 0) is 7.05 Å². The van der Waals surface area contributed by atoms with Crippen LogP contribution in [0.4, 0.5) is 0 Å². The Morgan fingerprint density at radius 1 is 1.00 bits per heavy atom. The number of ketones is 1. The lowest BCUT2D eigenvalue weighted by Crippen LogP contribution is -2.13. The first-order valence-electron chi connectivity index (χ1n) is 11.9. The molecule has 2 aromatic heterocycles. The predicted octanol–water partition coefficient (Wildman–Crippen LogP) is 7.21. The summed E-state index contributed by atoms with van der Waals surface area (Å²) in [5.41, 5.74) is 5.31. The molecule has 6 heteroatoms. The van der Waals surface area contributed by atoms with Crippen molar-refractivity contribution in [2.75, 3.05) is 0 Å². The third-order valence-electron chi connectivity index (χ3n) is 6.38. The number of hydrogen-bond donors (Lipinski definition) is 0. The number of aryl methyl sites for hydroxylation is 1. The Balaban J connectivity index is 1.57. The van der Waals surface area contributed by atoms with Gasteiger partial charge in [0.05, 0.1) is 17.8 Å². The van der Waals surface area contributed by atoms with E-state index in [9.17, 15) is 4.79 Å². The van der Waals surface area contributed by atoms with Crippen LogP contribution in [0.2, 0.25) is 0 Å². The van der Waals surface area contributed by atoms with Crippen LogP contribution in [0.15, 0.2) is 89.7 Å². The van der Waals surface area contributed by atoms with Crippen LogP contribution in [0.25, 0.3) is 22.0 Å². The first-order valence-corrected chi connectivity index (χ1v) is 12.7. The largest absolute Gasteiger partial charge is 0.287 e. The zero-order valence-corrected chi connectivity index (χ0v) is 21.4. The number of hydrogen-bond acceptors (Lipinski definition) is 3. The van der Waals surface area contributed by atoms with Crippen molar-refractivity contribution in [1.29, 1.82) is 0 Å². The van der Waals surface area contributed by atoms with Crippen LogP contribution in [0.3, 0.4) is 0 Å². The molecule has 1 atom stereocenters. The lowest BCUT2D eigenvalue weighted by molar-refractivity contribution is 0.103. The maximum absolute atomic E-state index is 13.7. The molecule has 3 aromatic carbocycles. The molecule has 0 radical (unpaired) electrons. The Labute approximate surface area is 213 Å². The maximum atomic E-state index is 13.7. The first kappa shape index (κ1) is 23.2. The normalized spacial score (nSPS) is 12.2. The minimum absolute atomic E-state index is 0.0642. The van der Waals surface area contributed by atoms with Gasteiger partial charge in [-0.25, -0.2) is 0 Å². The molecule has 2 heterocycles. The van der Waals surface area contributed by atoms with E-state index in [1.165, 1.54) is 5.56 Å². The highest BCUT2D eigenvalue weighted by Gasteiger charge is 2.24. The van der Waals surface area contributed by atoms with Gasteiger partial charge in [-0.15, -0.1) is 0 Å². The average Bonchev–Trinajstić information content (AvgIpc) is 3.48. The van der Waals surface area contributed by atoms with Crippen LogP contribution < -0.4 is 0 Å². The van der Waals surface area contributed by atoms with E-state index in [1.54, 1.807) is 4.68 Å². The summed E-state index contributed by atoms with van der Waals surface area (Å²) in [5.74, 6) is -0.0770. The Kier molecular flexibility index (Phi) is 6.64. The van der Waals surface area contributed by atoms with E-state index in [1.807, 2.05) is 66.6 Å². The topological polar surface area (TPSA) is 52.7 Å². The summed E-state index contributed by atoms with van der Waals surface area (Å²) in [6.45, 7) is 2.20. The van der Waals surface area contributed by atoms with Crippen LogP contribution in [-0.4, -0.2) is 25.3 Å². The smallest absolute Gasteiger partial charge is 0.213 e. The third-order valence-corrected chi connectivity index (χ3v) is 6.87. The average molecular weight is 527 g/mol. The molecule has 0 saturated carbocycles. The summed E-state index contributed by atoms with van der Waals surface area (Å²) in [4.78, 5) is 13.7. The van der Waals surface area contributed by atoms with Crippen molar-refractivity contribution in [3.8, 4) is 11.1 Å². The fourth-order valence-corrected chi connectivity index (χ4v) is 4.90. The minimum Gasteiger partial charge on any atom is -0.287 e. The summed E-state index contributed by atoms with van der Waals surface area (Å²) < 4.78 is 4.74. The Morgan fingerprint density at radius 2 is 1.77 bits per heavy atom. The van der Waals surface area contributed by atoms with Crippen molar-refractivity contribution < 1.29 is 4.79 Å². The van der Waals surface area contributed by atoms with E-state index in [0.717, 1.165) is 45.8 Å². The van der Waals surface area contributed by atoms with Crippen LogP contribution in [0, 0.1) is 0 Å². The number of aromatic nitrogens is 4. The summed E-state index contributed by atoms with van der Waals surface area (Å²) in [6.07, 6.45) is 6.92. The highest BCUT2D eigenvalue weighted by Crippen LogP contribution is 2.32. The third kappa shape index (κ3) is 4.71. The number of carbonyl (C=O) groups excluding carboxylic acids is 1. The van der Waals surface area contributed by atoms with Gasteiger partial charge in [-0.05, 0) is 35.7 Å². The lowest BCUT2D eigenvalue weighted by atomic mass is 10.0. The highest BCUT2D eigenvalue weighted by molar-refractivity contribution is 9.10. The maximum Gasteiger partial charge on any atom is 0.213 e. The molecule has 0 spiro atoms. The summed E-state index contributed by atoms with van der Waals surface area (Å²) in [7, 11) is 1.89. The van der Waals surface area contributed by atoms with Crippen molar-refractivity contribution in [2.24, 2.45) is 7.05 Å². The second-order valence-corrected chi connectivity index (χ2v) is 9.75. The molecule has 0 N–H and O–H groups in total. The van der Waals surface area contributed by atoms with E-state index in [-0.39, 0.29) is 11.8 Å². The molecule has 0 fully saturated rings. The van der Waals surface area contributed by atoms with Crippen LogP contribution in [0.5, 0.6) is 0 Å². The van der Waals surface area contributed by atoms with Gasteiger partial charge in [-0.2, -0.15) is 10.2 Å². The van der Waals surface area contributed by atoms with Crippen molar-refractivity contribution in [1.82, 2.24) is 19.6 Å². The SMILES string of the molecule is CCCCC(c1ccccc1)n1nc(C(=O)c2ccc(-c3cnn(C)c3)cc2)c2cc(Br)ccc21. The van der Waals surface area contributed by atoms with E-state index in [2.05, 4.69) is 58.3 Å². The standard InChI is InChI=1S/C29H27BrN4O/c1-3-4-10-26(21-8-6-5-7-9-21)34-27-16-15-24(30)17-25(27)28(32-34)29(35)22-13-11-20(12-14-22)23-18-31-33(2)19-23/h5-9,11-19,26H,3-4,10H2,1-2H3. The molecular formula is C29H27BrN4O. The fraction of sp³-hybridized carbons (Fsp3) is 0.207. The van der Waals surface area contributed by atoms with E-state index < -0.39 is 0 Å². The molecule has 5 aromatic rings. The van der Waals surface area contributed by atoms with E-state index in [0.29, 0.717) is 11.3 Å². The minimum atomic E-state index is -0.0770. The van der Waals surface area contributed by atoms with Gasteiger partial charge in [0, 0.05) is 34.2 Å². The molecule has 5 rings (SSSR count). The first-order chi connectivity index (χ1) is 17.0. The molecule has 0 aliphatic carbocycles. The van der Waals surface area contributed by atoms with Gasteiger partial charge in [-0.3, -0.25) is 14.2 Å². The van der Waals surface area contributed by atoms with Gasteiger partial charge in [-0.1, -0.05) is 90.3 Å². The molecule has 0 saturated heterocycles. The molecule has 0 bridgehead atoms. The van der Waals surface area contributed by atoms with Crippen molar-refractivity contribution in [3.05, 3.63) is 106 Å².